The summed E-state index contributed by atoms with van der Waals surface area (Å²) in [5.41, 5.74) is 5.26. The van der Waals surface area contributed by atoms with Crippen LogP contribution in [0.25, 0.3) is 42.2 Å². The Balaban J connectivity index is 1.84. The SMILES string of the molecule is CC[Si](CC)(CC)c1c(C)ccc2c1sc1c(-c3cc(C(C)C)c4ccccc4c3)nccc12. The lowest BCUT2D eigenvalue weighted by Gasteiger charge is -2.31. The average molecular weight is 482 g/mol. The number of nitrogens with zero attached hydrogens (tertiary/aromatic N) is 1. The largest absolute Gasteiger partial charge is 0.255 e. The van der Waals surface area contributed by atoms with Crippen LogP contribution in [0.3, 0.4) is 0 Å². The van der Waals surface area contributed by atoms with Gasteiger partial charge in [-0.3, -0.25) is 4.98 Å². The Morgan fingerprint density at radius 3 is 2.24 bits per heavy atom. The highest BCUT2D eigenvalue weighted by Gasteiger charge is 2.33. The minimum Gasteiger partial charge on any atom is -0.255 e. The molecule has 3 heteroatoms. The van der Waals surface area contributed by atoms with Gasteiger partial charge in [-0.1, -0.05) is 94.7 Å². The van der Waals surface area contributed by atoms with E-state index in [0.717, 1.165) is 5.69 Å². The van der Waals surface area contributed by atoms with Crippen LogP contribution in [0, 0.1) is 6.92 Å². The molecule has 0 radical (unpaired) electrons. The van der Waals surface area contributed by atoms with E-state index in [1.165, 1.54) is 65.8 Å². The van der Waals surface area contributed by atoms with Crippen molar-refractivity contribution in [2.75, 3.05) is 0 Å². The van der Waals surface area contributed by atoms with Gasteiger partial charge >= 0.3 is 0 Å². The first-order chi connectivity index (χ1) is 16.4. The molecule has 0 spiro atoms. The Labute approximate surface area is 208 Å². The highest BCUT2D eigenvalue weighted by atomic mass is 32.1. The number of aromatic nitrogens is 1. The fraction of sp³-hybridized carbons (Fsp3) is 0.323. The van der Waals surface area contributed by atoms with Crippen LogP contribution in [0.15, 0.2) is 60.8 Å². The molecule has 0 amide bonds. The predicted molar refractivity (Wildman–Crippen MR) is 156 cm³/mol. The van der Waals surface area contributed by atoms with Crippen LogP contribution in [0.5, 0.6) is 0 Å². The molecule has 0 unspecified atom stereocenters. The van der Waals surface area contributed by atoms with Crippen LogP contribution in [0.4, 0.5) is 0 Å². The van der Waals surface area contributed by atoms with Crippen molar-refractivity contribution in [2.24, 2.45) is 0 Å². The second-order valence-electron chi connectivity index (χ2n) is 10.1. The second kappa shape index (κ2) is 8.94. The molecule has 0 N–H and O–H groups in total. The monoisotopic (exact) mass is 481 g/mol. The van der Waals surface area contributed by atoms with Gasteiger partial charge in [0.1, 0.15) is 0 Å². The third-order valence-corrected chi connectivity index (χ3v) is 15.3. The summed E-state index contributed by atoms with van der Waals surface area (Å²) in [4.78, 5) is 4.98. The smallest absolute Gasteiger partial charge is 0.0881 e. The second-order valence-corrected chi connectivity index (χ2v) is 16.3. The van der Waals surface area contributed by atoms with Gasteiger partial charge in [-0.15, -0.1) is 11.3 Å². The van der Waals surface area contributed by atoms with Crippen LogP contribution in [0.2, 0.25) is 18.1 Å². The fourth-order valence-electron chi connectivity index (χ4n) is 5.96. The van der Waals surface area contributed by atoms with Gasteiger partial charge in [-0.05, 0) is 52.6 Å². The maximum atomic E-state index is 4.98. The van der Waals surface area contributed by atoms with E-state index in [1.54, 1.807) is 5.19 Å². The molecule has 0 fully saturated rings. The molecule has 5 rings (SSSR count). The first-order valence-electron chi connectivity index (χ1n) is 12.8. The van der Waals surface area contributed by atoms with Crippen molar-refractivity contribution in [3.05, 3.63) is 71.9 Å². The molecular weight excluding hydrogens is 447 g/mol. The van der Waals surface area contributed by atoms with Crippen LogP contribution in [0.1, 0.15) is 51.7 Å². The normalized spacial score (nSPS) is 12.4. The summed E-state index contributed by atoms with van der Waals surface area (Å²) < 4.78 is 2.85. The van der Waals surface area contributed by atoms with Crippen molar-refractivity contribution in [1.29, 1.82) is 0 Å². The van der Waals surface area contributed by atoms with Crippen LogP contribution < -0.4 is 5.19 Å². The maximum absolute atomic E-state index is 4.98. The average Bonchev–Trinajstić information content (AvgIpc) is 3.24. The molecule has 34 heavy (non-hydrogen) atoms. The molecule has 0 aliphatic rings. The summed E-state index contributed by atoms with van der Waals surface area (Å²) in [6.07, 6.45) is 2.01. The summed E-state index contributed by atoms with van der Waals surface area (Å²) in [6.45, 7) is 14.2. The van der Waals surface area contributed by atoms with E-state index in [4.69, 9.17) is 4.98 Å². The molecule has 3 aromatic carbocycles. The van der Waals surface area contributed by atoms with E-state index < -0.39 is 8.07 Å². The van der Waals surface area contributed by atoms with E-state index in [1.807, 2.05) is 17.5 Å². The highest BCUT2D eigenvalue weighted by molar-refractivity contribution is 7.28. The third kappa shape index (κ3) is 3.52. The number of pyridine rings is 1. The molecule has 0 saturated carbocycles. The van der Waals surface area contributed by atoms with Gasteiger partial charge in [0, 0.05) is 27.2 Å². The number of fused-ring (bicyclic) bond motifs is 4. The Morgan fingerprint density at radius 2 is 1.53 bits per heavy atom. The lowest BCUT2D eigenvalue weighted by atomic mass is 9.92. The van der Waals surface area contributed by atoms with Gasteiger partial charge in [-0.25, -0.2) is 0 Å². The van der Waals surface area contributed by atoms with Crippen molar-refractivity contribution in [3.63, 3.8) is 0 Å². The summed E-state index contributed by atoms with van der Waals surface area (Å²) >= 11 is 1.99. The van der Waals surface area contributed by atoms with Gasteiger partial charge in [0.2, 0.25) is 0 Å². The van der Waals surface area contributed by atoms with Crippen molar-refractivity contribution in [1.82, 2.24) is 4.98 Å². The van der Waals surface area contributed by atoms with Crippen molar-refractivity contribution in [2.45, 2.75) is 65.6 Å². The van der Waals surface area contributed by atoms with E-state index in [-0.39, 0.29) is 0 Å². The molecule has 0 bridgehead atoms. The Hall–Kier alpha value is -2.49. The molecule has 0 saturated heterocycles. The topological polar surface area (TPSA) is 12.9 Å². The Bertz CT molecular complexity index is 1500. The predicted octanol–water partition coefficient (Wildman–Crippen LogP) is 9.42. The van der Waals surface area contributed by atoms with E-state index in [9.17, 15) is 0 Å². The Kier molecular flexibility index (Phi) is 6.12. The number of hydrogen-bond acceptors (Lipinski definition) is 2. The van der Waals surface area contributed by atoms with Gasteiger partial charge in [-0.2, -0.15) is 0 Å². The number of benzene rings is 3. The molecule has 1 nitrogen and oxygen atoms in total. The molecular formula is C31H35NSSi. The third-order valence-electron chi connectivity index (χ3n) is 8.11. The minimum absolute atomic E-state index is 0.464. The van der Waals surface area contributed by atoms with Crippen LogP contribution >= 0.6 is 11.3 Å². The zero-order valence-electron chi connectivity index (χ0n) is 21.3. The lowest BCUT2D eigenvalue weighted by Crippen LogP contribution is -2.47. The Morgan fingerprint density at radius 1 is 0.824 bits per heavy atom. The molecule has 5 aromatic rings. The van der Waals surface area contributed by atoms with Crippen LogP contribution in [-0.4, -0.2) is 13.1 Å². The van der Waals surface area contributed by atoms with Crippen molar-refractivity contribution >= 4 is 55.5 Å². The van der Waals surface area contributed by atoms with Crippen molar-refractivity contribution in [3.8, 4) is 11.3 Å². The molecule has 0 aliphatic carbocycles. The molecule has 174 valence electrons. The standard InChI is InChI=1S/C31H35NSSi/c1-7-34(8-2,9-3)31-21(6)14-15-25-26-16-17-32-28(29(26)33-30(25)31)23-18-22-12-10-11-13-24(22)27(19-23)20(4)5/h10-20H,7-9H2,1-6H3. The summed E-state index contributed by atoms with van der Waals surface area (Å²) in [7, 11) is -1.53. The van der Waals surface area contributed by atoms with Crippen molar-refractivity contribution < 1.29 is 0 Å². The summed E-state index contributed by atoms with van der Waals surface area (Å²) in [5.74, 6) is 0.464. The molecule has 2 aromatic heterocycles. The zero-order chi connectivity index (χ0) is 24.0. The minimum atomic E-state index is -1.53. The zero-order valence-corrected chi connectivity index (χ0v) is 23.1. The number of hydrogen-bond donors (Lipinski definition) is 0. The van der Waals surface area contributed by atoms with Gasteiger partial charge in [0.15, 0.2) is 0 Å². The first kappa shape index (κ1) is 23.3. The quantitative estimate of drug-likeness (QED) is 0.220. The number of thiophene rings is 1. The first-order valence-corrected chi connectivity index (χ1v) is 16.2. The van der Waals surface area contributed by atoms with Gasteiger partial charge < -0.3 is 0 Å². The molecule has 0 aliphatic heterocycles. The van der Waals surface area contributed by atoms with E-state index in [2.05, 4.69) is 96.1 Å². The number of aryl methyl sites for hydroxylation is 1. The summed E-state index contributed by atoms with van der Waals surface area (Å²) in [6, 6.07) is 24.4. The number of rotatable bonds is 6. The van der Waals surface area contributed by atoms with E-state index >= 15 is 0 Å². The lowest BCUT2D eigenvalue weighted by molar-refractivity contribution is 0.876. The maximum Gasteiger partial charge on any atom is 0.0881 e. The van der Waals surface area contributed by atoms with Gasteiger partial charge in [0.05, 0.1) is 18.5 Å². The molecule has 2 heterocycles. The molecule has 0 atom stereocenters. The fourth-order valence-corrected chi connectivity index (χ4v) is 12.2. The van der Waals surface area contributed by atoms with Crippen LogP contribution in [-0.2, 0) is 0 Å². The summed E-state index contributed by atoms with van der Waals surface area (Å²) in [5, 5.41) is 7.13. The van der Waals surface area contributed by atoms with E-state index in [0.29, 0.717) is 5.92 Å². The highest BCUT2D eigenvalue weighted by Crippen LogP contribution is 2.41. The van der Waals surface area contributed by atoms with Gasteiger partial charge in [0.25, 0.3) is 0 Å².